The van der Waals surface area contributed by atoms with Crippen LogP contribution in [-0.4, -0.2) is 23.7 Å². The van der Waals surface area contributed by atoms with Gasteiger partial charge in [0, 0.05) is 6.54 Å². The molecule has 0 bridgehead atoms. The van der Waals surface area contributed by atoms with Crippen molar-refractivity contribution in [3.8, 4) is 0 Å². The fraction of sp³-hybridized carbons (Fsp3) is 0.300. The number of nitrogens with one attached hydrogen (secondary N) is 1. The van der Waals surface area contributed by atoms with Crippen molar-refractivity contribution in [3.63, 3.8) is 0 Å². The van der Waals surface area contributed by atoms with Gasteiger partial charge in [-0.3, -0.25) is 4.79 Å². The molecule has 1 amide bonds. The number of anilines is 1. The Kier molecular flexibility index (Phi) is 4.12. The van der Waals surface area contributed by atoms with E-state index in [-0.39, 0.29) is 5.69 Å². The van der Waals surface area contributed by atoms with Crippen molar-refractivity contribution in [3.05, 3.63) is 29.6 Å². The molecule has 100 valence electrons. The van der Waals surface area contributed by atoms with Gasteiger partial charge in [0.05, 0.1) is 11.3 Å². The van der Waals surface area contributed by atoms with Gasteiger partial charge in [0.25, 0.3) is 0 Å². The smallest absolute Gasteiger partial charge is 0.381 e. The van der Waals surface area contributed by atoms with Crippen molar-refractivity contribution >= 4 is 11.6 Å². The van der Waals surface area contributed by atoms with Gasteiger partial charge in [-0.1, -0.05) is 0 Å². The highest BCUT2D eigenvalue weighted by Crippen LogP contribution is 2.31. The molecular weight excluding hydrogens is 256 g/mol. The van der Waals surface area contributed by atoms with E-state index >= 15 is 0 Å². The molecule has 0 aliphatic rings. The minimum Gasteiger partial charge on any atom is -0.381 e. The molecule has 0 fully saturated rings. The average Bonchev–Trinajstić information content (AvgIpc) is 2.25. The zero-order valence-corrected chi connectivity index (χ0v) is 8.96. The maximum absolute atomic E-state index is 13.3. The van der Waals surface area contributed by atoms with Gasteiger partial charge in [-0.2, -0.15) is 13.2 Å². The summed E-state index contributed by atoms with van der Waals surface area (Å²) < 4.78 is 50.0. The van der Waals surface area contributed by atoms with E-state index in [4.69, 9.17) is 10.8 Å². The molecule has 0 saturated carbocycles. The van der Waals surface area contributed by atoms with Crippen LogP contribution in [0.5, 0.6) is 0 Å². The van der Waals surface area contributed by atoms with Crippen LogP contribution in [0.15, 0.2) is 18.2 Å². The third-order valence-corrected chi connectivity index (χ3v) is 2.11. The summed E-state index contributed by atoms with van der Waals surface area (Å²) >= 11 is 0. The zero-order chi connectivity index (χ0) is 13.9. The number of nitrogens with two attached hydrogens (primary N) is 1. The number of alkyl halides is 3. The minimum atomic E-state index is -4.63. The van der Waals surface area contributed by atoms with Crippen molar-refractivity contribution in [2.45, 2.75) is 12.3 Å². The molecule has 8 heteroatoms. The number of amides is 1. The first-order chi connectivity index (χ1) is 8.21. The summed E-state index contributed by atoms with van der Waals surface area (Å²) in [6, 6.07) is 1.87. The van der Waals surface area contributed by atoms with E-state index in [2.05, 4.69) is 5.32 Å². The molecule has 4 N–H and O–H groups in total. The lowest BCUT2D eigenvalue weighted by Crippen LogP contribution is -2.34. The van der Waals surface area contributed by atoms with Crippen molar-refractivity contribution in [2.24, 2.45) is 5.73 Å². The Balaban J connectivity index is 2.78. The van der Waals surface area contributed by atoms with Gasteiger partial charge < -0.3 is 16.2 Å². The quantitative estimate of drug-likeness (QED) is 0.714. The molecule has 0 spiro atoms. The number of benzene rings is 1. The molecule has 0 aliphatic carbocycles. The summed E-state index contributed by atoms with van der Waals surface area (Å²) in [6.07, 6.45) is -6.18. The standard InChI is InChI=1S/C10H10F4N2O2/c11-6-3-5(10(12,13)14)1-2-7(6)16-4-8(17)9(15)18/h1-3,8,16-17H,4H2,(H2,15,18). The van der Waals surface area contributed by atoms with E-state index < -0.39 is 36.1 Å². The third kappa shape index (κ3) is 3.59. The number of primary amides is 1. The van der Waals surface area contributed by atoms with Gasteiger partial charge in [-0.15, -0.1) is 0 Å². The van der Waals surface area contributed by atoms with Gasteiger partial charge in [-0.25, -0.2) is 4.39 Å². The Labute approximate surface area is 99.4 Å². The van der Waals surface area contributed by atoms with Crippen molar-refractivity contribution < 1.29 is 27.5 Å². The maximum atomic E-state index is 13.3. The summed E-state index contributed by atoms with van der Waals surface area (Å²) in [7, 11) is 0. The van der Waals surface area contributed by atoms with E-state index in [1.807, 2.05) is 0 Å². The highest BCUT2D eigenvalue weighted by atomic mass is 19.4. The number of hydrogen-bond donors (Lipinski definition) is 3. The Morgan fingerprint density at radius 1 is 1.44 bits per heavy atom. The molecular formula is C10H10F4N2O2. The van der Waals surface area contributed by atoms with Gasteiger partial charge in [0.15, 0.2) is 0 Å². The number of rotatable bonds is 4. The zero-order valence-electron chi connectivity index (χ0n) is 8.96. The van der Waals surface area contributed by atoms with E-state index in [0.29, 0.717) is 12.1 Å². The molecule has 0 aliphatic heterocycles. The van der Waals surface area contributed by atoms with E-state index in [1.54, 1.807) is 0 Å². The molecule has 4 nitrogen and oxygen atoms in total. The number of halogens is 4. The molecule has 1 rings (SSSR count). The SMILES string of the molecule is NC(=O)C(O)CNc1ccc(C(F)(F)F)cc1F. The summed E-state index contributed by atoms with van der Waals surface area (Å²) in [5.41, 5.74) is 3.36. The molecule has 18 heavy (non-hydrogen) atoms. The first-order valence-corrected chi connectivity index (χ1v) is 4.80. The lowest BCUT2D eigenvalue weighted by atomic mass is 10.2. The van der Waals surface area contributed by atoms with Crippen LogP contribution in [0.2, 0.25) is 0 Å². The van der Waals surface area contributed by atoms with Crippen LogP contribution >= 0.6 is 0 Å². The first kappa shape index (κ1) is 14.2. The highest BCUT2D eigenvalue weighted by Gasteiger charge is 2.31. The van der Waals surface area contributed by atoms with Crippen LogP contribution in [0.3, 0.4) is 0 Å². The van der Waals surface area contributed by atoms with E-state index in [0.717, 1.165) is 6.07 Å². The Bertz CT molecular complexity index is 448. The van der Waals surface area contributed by atoms with Gasteiger partial charge in [0.1, 0.15) is 11.9 Å². The normalized spacial score (nSPS) is 13.2. The fourth-order valence-electron chi connectivity index (χ4n) is 1.14. The fourth-order valence-corrected chi connectivity index (χ4v) is 1.14. The van der Waals surface area contributed by atoms with Crippen molar-refractivity contribution in [1.29, 1.82) is 0 Å². The highest BCUT2D eigenvalue weighted by molar-refractivity contribution is 5.79. The first-order valence-electron chi connectivity index (χ1n) is 4.80. The Morgan fingerprint density at radius 2 is 2.06 bits per heavy atom. The monoisotopic (exact) mass is 266 g/mol. The lowest BCUT2D eigenvalue weighted by Gasteiger charge is -2.12. The van der Waals surface area contributed by atoms with Crippen LogP contribution in [0.4, 0.5) is 23.2 Å². The number of hydrogen-bond acceptors (Lipinski definition) is 3. The molecule has 1 aromatic carbocycles. The number of carbonyl (C=O) groups is 1. The Morgan fingerprint density at radius 3 is 2.50 bits per heavy atom. The minimum absolute atomic E-state index is 0.261. The predicted molar refractivity (Wildman–Crippen MR) is 55.1 cm³/mol. The largest absolute Gasteiger partial charge is 0.416 e. The maximum Gasteiger partial charge on any atom is 0.416 e. The molecule has 1 unspecified atom stereocenters. The average molecular weight is 266 g/mol. The summed E-state index contributed by atoms with van der Waals surface area (Å²) in [4.78, 5) is 10.5. The second kappa shape index (κ2) is 5.21. The Hall–Kier alpha value is -1.83. The molecule has 0 aromatic heterocycles. The molecule has 1 aromatic rings. The molecule has 0 radical (unpaired) electrons. The number of aliphatic hydroxyl groups is 1. The van der Waals surface area contributed by atoms with Gasteiger partial charge in [-0.05, 0) is 18.2 Å². The van der Waals surface area contributed by atoms with Crippen molar-refractivity contribution in [1.82, 2.24) is 0 Å². The summed E-state index contributed by atoms with van der Waals surface area (Å²) in [5, 5.41) is 11.3. The van der Waals surface area contributed by atoms with Crippen LogP contribution in [-0.2, 0) is 11.0 Å². The van der Waals surface area contributed by atoms with Gasteiger partial charge >= 0.3 is 6.18 Å². The third-order valence-electron chi connectivity index (χ3n) is 2.11. The molecule has 0 saturated heterocycles. The number of carbonyl (C=O) groups excluding carboxylic acids is 1. The van der Waals surface area contributed by atoms with Crippen LogP contribution in [0.1, 0.15) is 5.56 Å². The van der Waals surface area contributed by atoms with Crippen LogP contribution in [0.25, 0.3) is 0 Å². The summed E-state index contributed by atoms with van der Waals surface area (Å²) in [5.74, 6) is -2.16. The van der Waals surface area contributed by atoms with E-state index in [1.165, 1.54) is 0 Å². The lowest BCUT2D eigenvalue weighted by molar-refractivity contribution is -0.137. The van der Waals surface area contributed by atoms with Crippen molar-refractivity contribution in [2.75, 3.05) is 11.9 Å². The van der Waals surface area contributed by atoms with E-state index in [9.17, 15) is 22.4 Å². The second-order valence-electron chi connectivity index (χ2n) is 3.49. The predicted octanol–water partition coefficient (Wildman–Crippen LogP) is 1.10. The molecule has 0 heterocycles. The van der Waals surface area contributed by atoms with Crippen LogP contribution < -0.4 is 11.1 Å². The van der Waals surface area contributed by atoms with Gasteiger partial charge in [0.2, 0.25) is 5.91 Å². The second-order valence-corrected chi connectivity index (χ2v) is 3.49. The topological polar surface area (TPSA) is 75.4 Å². The molecule has 1 atom stereocenters. The number of aliphatic hydroxyl groups excluding tert-OH is 1. The van der Waals surface area contributed by atoms with Crippen LogP contribution in [0, 0.1) is 5.82 Å². The summed E-state index contributed by atoms with van der Waals surface area (Å²) in [6.45, 7) is -0.391.